The molecule has 1 saturated carbocycles. The van der Waals surface area contributed by atoms with Crippen molar-refractivity contribution in [1.29, 1.82) is 0 Å². The number of nitrogens with zero attached hydrogens (tertiary/aromatic N) is 2. The second kappa shape index (κ2) is 7.47. The van der Waals surface area contributed by atoms with E-state index in [1.807, 2.05) is 0 Å². The molecule has 0 atom stereocenters. The Morgan fingerprint density at radius 2 is 2.33 bits per heavy atom. The molecule has 0 saturated heterocycles. The summed E-state index contributed by atoms with van der Waals surface area (Å²) < 4.78 is 76.6. The lowest BCUT2D eigenvalue weighted by atomic mass is 9.94. The third kappa shape index (κ3) is 3.42. The van der Waals surface area contributed by atoms with Crippen molar-refractivity contribution < 1.29 is 17.1 Å². The number of rotatable bonds is 6. The van der Waals surface area contributed by atoms with E-state index >= 15 is 0 Å². The minimum Gasteiger partial charge on any atom is -0.494 e. The van der Waals surface area contributed by atoms with E-state index in [4.69, 9.17) is 17.1 Å². The quantitative estimate of drug-likeness (QED) is 0.752. The lowest BCUT2D eigenvalue weighted by Crippen LogP contribution is -2.29. The minimum absolute atomic E-state index is 0.0134. The second-order valence-corrected chi connectivity index (χ2v) is 5.65. The van der Waals surface area contributed by atoms with Crippen molar-refractivity contribution in [3.05, 3.63) is 70.1 Å². The van der Waals surface area contributed by atoms with Crippen molar-refractivity contribution in [3.8, 4) is 0 Å². The maximum Gasteiger partial charge on any atom is 0.271 e. The van der Waals surface area contributed by atoms with Gasteiger partial charge in [0.15, 0.2) is 0 Å². The molecule has 0 amide bonds. The molecule has 0 spiro atoms. The van der Waals surface area contributed by atoms with Gasteiger partial charge in [-0.15, -0.1) is 0 Å². The van der Waals surface area contributed by atoms with Crippen LogP contribution in [0.25, 0.3) is 5.76 Å². The third-order valence-electron chi connectivity index (χ3n) is 4.10. The molecule has 0 radical (unpaired) electrons. The molecule has 4 heteroatoms. The first kappa shape index (κ1) is 8.65. The van der Waals surface area contributed by atoms with E-state index in [1.54, 1.807) is 30.3 Å². The predicted molar refractivity (Wildman–Crippen MR) is 95.9 cm³/mol. The monoisotopic (exact) mass is 333 g/mol. The molecule has 126 valence electrons. The number of aromatic nitrogens is 2. The number of hydrogen-bond acceptors (Lipinski definition) is 3. The highest BCUT2D eigenvalue weighted by Gasteiger charge is 2.25. The lowest BCUT2D eigenvalue weighted by Gasteiger charge is -2.17. The van der Waals surface area contributed by atoms with E-state index in [2.05, 4.69) is 5.10 Å². The number of ether oxygens (including phenoxy) is 1. The minimum atomic E-state index is -3.30. The maximum atomic E-state index is 13.5. The Hall–Kier alpha value is -2.36. The van der Waals surface area contributed by atoms with Crippen molar-refractivity contribution in [2.24, 2.45) is 0 Å². The molecule has 1 aromatic heterocycles. The van der Waals surface area contributed by atoms with Crippen LogP contribution in [0.2, 0.25) is 0 Å². The fourth-order valence-electron chi connectivity index (χ4n) is 2.96. The van der Waals surface area contributed by atoms with E-state index in [-0.39, 0.29) is 24.9 Å². The first-order valence-corrected chi connectivity index (χ1v) is 7.80. The number of benzene rings is 1. The van der Waals surface area contributed by atoms with Gasteiger partial charge in [0.25, 0.3) is 5.56 Å². The van der Waals surface area contributed by atoms with Crippen molar-refractivity contribution in [3.63, 3.8) is 0 Å². The Labute approximate surface area is 155 Å². The van der Waals surface area contributed by atoms with Gasteiger partial charge in [0.2, 0.25) is 0 Å². The van der Waals surface area contributed by atoms with Gasteiger partial charge in [0.1, 0.15) is 5.76 Å². The molecule has 0 bridgehead atoms. The van der Waals surface area contributed by atoms with Gasteiger partial charge >= 0.3 is 0 Å². The largest absolute Gasteiger partial charge is 0.494 e. The number of hydrogen-bond donors (Lipinski definition) is 0. The summed E-state index contributed by atoms with van der Waals surface area (Å²) in [6.07, 6.45) is 1.22. The Morgan fingerprint density at radius 1 is 1.54 bits per heavy atom. The average Bonchev–Trinajstić information content (AvgIpc) is 3.15. The predicted octanol–water partition coefficient (Wildman–Crippen LogP) is 3.96. The standard InChI is InChI=1S/C20H24N2O2/c1-3-24-15(2)18-13-21-22(14-16-9-5-4-6-10-16)20(23)19(18)17-11-7-8-12-17/h4-6,9-10,13,17H,2-3,7-8,11-12,14H2,1H3/i1D3,2D2,3D2,13D,17D. The van der Waals surface area contributed by atoms with Crippen molar-refractivity contribution in [1.82, 2.24) is 9.78 Å². The van der Waals surface area contributed by atoms with Crippen LogP contribution in [0.4, 0.5) is 0 Å². The zero-order valence-electron chi connectivity index (χ0n) is 22.1. The van der Waals surface area contributed by atoms with E-state index < -0.39 is 48.9 Å². The lowest BCUT2D eigenvalue weighted by molar-refractivity contribution is 0.298. The molecular formula is C20H24N2O2. The van der Waals surface area contributed by atoms with Crippen molar-refractivity contribution >= 4 is 5.76 Å². The maximum absolute atomic E-state index is 13.5. The van der Waals surface area contributed by atoms with Crippen LogP contribution in [-0.4, -0.2) is 16.3 Å². The highest BCUT2D eigenvalue weighted by atomic mass is 16.5. The van der Waals surface area contributed by atoms with Crippen LogP contribution in [0, 0.1) is 0 Å². The smallest absolute Gasteiger partial charge is 0.271 e. The van der Waals surface area contributed by atoms with Gasteiger partial charge in [-0.1, -0.05) is 49.7 Å². The van der Waals surface area contributed by atoms with Crippen LogP contribution in [0.3, 0.4) is 0 Å². The molecular weight excluding hydrogens is 300 g/mol. The summed E-state index contributed by atoms with van der Waals surface area (Å²) in [4.78, 5) is 13.5. The average molecular weight is 333 g/mol. The van der Waals surface area contributed by atoms with Gasteiger partial charge in [-0.25, -0.2) is 4.68 Å². The first-order chi connectivity index (χ1) is 15.3. The zero-order chi connectivity index (χ0) is 24.6. The zero-order valence-corrected chi connectivity index (χ0v) is 13.1. The summed E-state index contributed by atoms with van der Waals surface area (Å²) in [6, 6.07) is 8.89. The van der Waals surface area contributed by atoms with Gasteiger partial charge in [0, 0.05) is 16.6 Å². The Morgan fingerprint density at radius 3 is 3.04 bits per heavy atom. The molecule has 4 nitrogen and oxygen atoms in total. The van der Waals surface area contributed by atoms with Crippen LogP contribution in [0.5, 0.6) is 0 Å². The molecule has 1 aliphatic rings. The molecule has 24 heavy (non-hydrogen) atoms. The molecule has 1 aliphatic carbocycles. The topological polar surface area (TPSA) is 44.1 Å². The molecule has 2 aromatic rings. The molecule has 0 N–H and O–H groups in total. The summed E-state index contributed by atoms with van der Waals surface area (Å²) in [5.41, 5.74) is -0.708. The van der Waals surface area contributed by atoms with E-state index in [0.29, 0.717) is 12.8 Å². The van der Waals surface area contributed by atoms with Crippen LogP contribution < -0.4 is 5.56 Å². The first-order valence-electron chi connectivity index (χ1n) is 12.3. The molecule has 1 fully saturated rings. The van der Waals surface area contributed by atoms with Crippen LogP contribution in [0.15, 0.2) is 47.8 Å². The molecule has 0 aliphatic heterocycles. The van der Waals surface area contributed by atoms with Gasteiger partial charge in [-0.05, 0) is 31.2 Å². The normalized spacial score (nSPS) is 22.4. The van der Waals surface area contributed by atoms with E-state index in [9.17, 15) is 4.79 Å². The molecule has 1 aromatic carbocycles. The molecule has 0 unspecified atom stereocenters. The molecule has 1 heterocycles. The van der Waals surface area contributed by atoms with Crippen LogP contribution >= 0.6 is 0 Å². The van der Waals surface area contributed by atoms with E-state index in [1.165, 1.54) is 0 Å². The summed E-state index contributed by atoms with van der Waals surface area (Å²) in [7, 11) is 0. The van der Waals surface area contributed by atoms with Crippen LogP contribution in [0.1, 0.15) is 67.5 Å². The van der Waals surface area contributed by atoms with Gasteiger partial charge in [0.05, 0.1) is 26.1 Å². The Bertz CT molecular complexity index is 1100. The summed E-state index contributed by atoms with van der Waals surface area (Å²) >= 11 is 0. The Balaban J connectivity index is 2.25. The highest BCUT2D eigenvalue weighted by molar-refractivity contribution is 5.60. The van der Waals surface area contributed by atoms with Crippen molar-refractivity contribution in [2.75, 3.05) is 6.56 Å². The van der Waals surface area contributed by atoms with Crippen molar-refractivity contribution in [2.45, 2.75) is 45.0 Å². The van der Waals surface area contributed by atoms with Gasteiger partial charge in [-0.3, -0.25) is 4.79 Å². The summed E-state index contributed by atoms with van der Waals surface area (Å²) in [6.45, 7) is -7.68. The third-order valence-corrected chi connectivity index (χ3v) is 4.10. The highest BCUT2D eigenvalue weighted by Crippen LogP contribution is 2.35. The second-order valence-electron chi connectivity index (χ2n) is 5.65. The summed E-state index contributed by atoms with van der Waals surface area (Å²) in [5, 5.41) is 3.97. The fourth-order valence-corrected chi connectivity index (χ4v) is 2.96. The van der Waals surface area contributed by atoms with Gasteiger partial charge in [-0.2, -0.15) is 5.10 Å². The Kier molecular flexibility index (Phi) is 2.69. The SMILES string of the molecule is [2H]C([2H])=C(OC([2H])([2H])C([2H])([2H])[2H])c1c([2H])nn(Cc2ccccc2)c(=O)c1C1([2H])CCCC1. The van der Waals surface area contributed by atoms with Gasteiger partial charge < -0.3 is 4.74 Å². The van der Waals surface area contributed by atoms with E-state index in [0.717, 1.165) is 10.2 Å². The molecule has 3 rings (SSSR count). The fraction of sp³-hybridized carbons (Fsp3) is 0.400. The van der Waals surface area contributed by atoms with Crippen LogP contribution in [-0.2, 0) is 11.3 Å². The summed E-state index contributed by atoms with van der Waals surface area (Å²) in [5.74, 6) is -2.37.